The Hall–Kier alpha value is -1.86. The summed E-state index contributed by atoms with van der Waals surface area (Å²) in [5.41, 5.74) is 5.35. The van der Waals surface area contributed by atoms with Crippen LogP contribution in [0.1, 0.15) is 43.6 Å². The van der Waals surface area contributed by atoms with Crippen LogP contribution in [0.3, 0.4) is 0 Å². The number of hydrogen-bond acceptors (Lipinski definition) is 4. The van der Waals surface area contributed by atoms with Gasteiger partial charge in [0, 0.05) is 4.47 Å². The molecule has 0 atom stereocenters. The fourth-order valence-corrected chi connectivity index (χ4v) is 3.57. The molecule has 144 valence electrons. The summed E-state index contributed by atoms with van der Waals surface area (Å²) >= 11 is 7.12. The second-order valence-electron chi connectivity index (χ2n) is 6.36. The van der Waals surface area contributed by atoms with Gasteiger partial charge in [-0.25, -0.2) is 5.43 Å². The summed E-state index contributed by atoms with van der Waals surface area (Å²) in [5.74, 6) is 1.33. The number of hydrogen-bond donors (Lipinski definition) is 1. The molecule has 0 aliphatic carbocycles. The van der Waals surface area contributed by atoms with E-state index in [0.29, 0.717) is 5.75 Å². The van der Waals surface area contributed by atoms with Gasteiger partial charge < -0.3 is 9.15 Å². The monoisotopic (exact) mass is 496 g/mol. The molecule has 1 N–H and O–H groups in total. The number of nitrogens with one attached hydrogen (secondary N) is 1. The number of halogens is 2. The summed E-state index contributed by atoms with van der Waals surface area (Å²) in [6, 6.07) is 5.68. The van der Waals surface area contributed by atoms with E-state index < -0.39 is 0 Å². The van der Waals surface area contributed by atoms with Crippen LogP contribution in [0.5, 0.6) is 5.75 Å². The SMILES string of the molecule is C/C(C=NNC(=O)COc1c(C(C)C)cc(Br)c(C)c1Br)=C/c1ccco1. The van der Waals surface area contributed by atoms with Crippen molar-refractivity contribution >= 4 is 50.1 Å². The number of nitrogens with zero attached hydrogens (tertiary/aromatic N) is 1. The highest BCUT2D eigenvalue weighted by atomic mass is 79.9. The van der Waals surface area contributed by atoms with Gasteiger partial charge in [-0.1, -0.05) is 29.8 Å². The van der Waals surface area contributed by atoms with Crippen molar-refractivity contribution in [3.63, 3.8) is 0 Å². The molecule has 7 heteroatoms. The first kappa shape index (κ1) is 21.4. The van der Waals surface area contributed by atoms with Gasteiger partial charge in [0.15, 0.2) is 6.61 Å². The first-order chi connectivity index (χ1) is 12.8. The highest BCUT2D eigenvalue weighted by molar-refractivity contribution is 9.11. The lowest BCUT2D eigenvalue weighted by molar-refractivity contribution is -0.123. The van der Waals surface area contributed by atoms with Gasteiger partial charge in [0.1, 0.15) is 11.5 Å². The van der Waals surface area contributed by atoms with Gasteiger partial charge in [-0.15, -0.1) is 0 Å². The van der Waals surface area contributed by atoms with Crippen molar-refractivity contribution in [3.8, 4) is 5.75 Å². The van der Waals surface area contributed by atoms with Gasteiger partial charge in [0.2, 0.25) is 0 Å². The number of carbonyl (C=O) groups excluding carboxylic acids is 1. The van der Waals surface area contributed by atoms with Crippen LogP contribution in [0.25, 0.3) is 6.08 Å². The molecule has 0 saturated heterocycles. The van der Waals surface area contributed by atoms with Gasteiger partial charge >= 0.3 is 0 Å². The molecule has 27 heavy (non-hydrogen) atoms. The van der Waals surface area contributed by atoms with Crippen LogP contribution in [0, 0.1) is 6.92 Å². The number of ether oxygens (including phenoxy) is 1. The maximum atomic E-state index is 12.0. The lowest BCUT2D eigenvalue weighted by Crippen LogP contribution is -2.25. The fourth-order valence-electron chi connectivity index (χ4n) is 2.30. The van der Waals surface area contributed by atoms with E-state index in [2.05, 4.69) is 56.2 Å². The molecule has 0 saturated carbocycles. The second-order valence-corrected chi connectivity index (χ2v) is 8.00. The molecule has 0 unspecified atom stereocenters. The zero-order valence-corrected chi connectivity index (χ0v) is 18.8. The first-order valence-corrected chi connectivity index (χ1v) is 10.0. The van der Waals surface area contributed by atoms with E-state index in [0.717, 1.165) is 31.4 Å². The van der Waals surface area contributed by atoms with Crippen molar-refractivity contribution in [3.05, 3.63) is 55.9 Å². The third kappa shape index (κ3) is 6.07. The molecule has 0 bridgehead atoms. The topological polar surface area (TPSA) is 63.8 Å². The van der Waals surface area contributed by atoms with Crippen molar-refractivity contribution in [2.24, 2.45) is 5.10 Å². The van der Waals surface area contributed by atoms with Crippen molar-refractivity contribution in [2.45, 2.75) is 33.6 Å². The van der Waals surface area contributed by atoms with Gasteiger partial charge in [-0.05, 0) is 76.7 Å². The zero-order chi connectivity index (χ0) is 20.0. The van der Waals surface area contributed by atoms with Crippen LogP contribution < -0.4 is 10.2 Å². The van der Waals surface area contributed by atoms with Gasteiger partial charge in [-0.3, -0.25) is 4.79 Å². The Labute approximate surface area is 176 Å². The second kappa shape index (κ2) is 9.90. The van der Waals surface area contributed by atoms with Crippen LogP contribution in [-0.2, 0) is 4.79 Å². The minimum atomic E-state index is -0.334. The predicted molar refractivity (Wildman–Crippen MR) is 115 cm³/mol. The van der Waals surface area contributed by atoms with E-state index in [1.165, 1.54) is 0 Å². The van der Waals surface area contributed by atoms with Crippen LogP contribution >= 0.6 is 31.9 Å². The van der Waals surface area contributed by atoms with Gasteiger partial charge in [-0.2, -0.15) is 5.10 Å². The summed E-state index contributed by atoms with van der Waals surface area (Å²) in [5, 5.41) is 3.94. The molecule has 1 amide bonds. The van der Waals surface area contributed by atoms with Gasteiger partial charge in [0.25, 0.3) is 5.91 Å². The molecule has 0 spiro atoms. The molecular weight excluding hydrogens is 476 g/mol. The normalized spacial score (nSPS) is 12.0. The third-order valence-corrected chi connectivity index (χ3v) is 5.55. The number of rotatable bonds is 7. The van der Waals surface area contributed by atoms with Crippen LogP contribution in [-0.4, -0.2) is 18.7 Å². The number of allylic oxidation sites excluding steroid dienone is 1. The average Bonchev–Trinajstić information content (AvgIpc) is 3.11. The fraction of sp³-hybridized carbons (Fsp3) is 0.300. The summed E-state index contributed by atoms with van der Waals surface area (Å²) in [6.45, 7) is 7.87. The van der Waals surface area contributed by atoms with Crippen LogP contribution in [0.4, 0.5) is 0 Å². The Morgan fingerprint density at radius 2 is 2.15 bits per heavy atom. The number of amides is 1. The highest BCUT2D eigenvalue weighted by Gasteiger charge is 2.17. The number of benzene rings is 1. The minimum absolute atomic E-state index is 0.127. The van der Waals surface area contributed by atoms with Gasteiger partial charge in [0.05, 0.1) is 17.0 Å². The number of hydrazone groups is 1. The molecule has 0 aliphatic rings. The van der Waals surface area contributed by atoms with E-state index in [1.807, 2.05) is 38.1 Å². The zero-order valence-electron chi connectivity index (χ0n) is 15.7. The maximum absolute atomic E-state index is 12.0. The molecule has 2 rings (SSSR count). The Balaban J connectivity index is 1.98. The predicted octanol–water partition coefficient (Wildman–Crippen LogP) is 5.82. The molecular formula is C20H22Br2N2O3. The standard InChI is InChI=1S/C20H22Br2N2O3/c1-12(2)16-9-17(21)14(4)19(22)20(16)27-11-18(25)24-23-10-13(3)8-15-6-5-7-26-15/h5-10,12H,11H2,1-4H3,(H,24,25)/b13-8-,23-10?. The molecule has 5 nitrogen and oxygen atoms in total. The summed E-state index contributed by atoms with van der Waals surface area (Å²) < 4.78 is 12.9. The van der Waals surface area contributed by atoms with E-state index >= 15 is 0 Å². The van der Waals surface area contributed by atoms with E-state index in [9.17, 15) is 4.79 Å². The number of furan rings is 1. The van der Waals surface area contributed by atoms with Crippen LogP contribution in [0.2, 0.25) is 0 Å². The molecule has 1 heterocycles. The average molecular weight is 498 g/mol. The lowest BCUT2D eigenvalue weighted by Gasteiger charge is -2.18. The maximum Gasteiger partial charge on any atom is 0.277 e. The molecule has 1 aromatic carbocycles. The quantitative estimate of drug-likeness (QED) is 0.387. The third-order valence-electron chi connectivity index (χ3n) is 3.77. The highest BCUT2D eigenvalue weighted by Crippen LogP contribution is 2.40. The van der Waals surface area contributed by atoms with Crippen molar-refractivity contribution in [2.75, 3.05) is 6.61 Å². The Bertz CT molecular complexity index is 857. The van der Waals surface area contributed by atoms with Crippen molar-refractivity contribution in [1.82, 2.24) is 5.43 Å². The van der Waals surface area contributed by atoms with E-state index in [1.54, 1.807) is 12.5 Å². The Morgan fingerprint density at radius 1 is 1.41 bits per heavy atom. The molecule has 0 aliphatic heterocycles. The molecule has 1 aromatic heterocycles. The molecule has 0 radical (unpaired) electrons. The Morgan fingerprint density at radius 3 is 2.78 bits per heavy atom. The first-order valence-electron chi connectivity index (χ1n) is 8.44. The molecule has 2 aromatic rings. The summed E-state index contributed by atoms with van der Waals surface area (Å²) in [7, 11) is 0. The summed E-state index contributed by atoms with van der Waals surface area (Å²) in [6.07, 6.45) is 4.98. The smallest absolute Gasteiger partial charge is 0.277 e. The summed E-state index contributed by atoms with van der Waals surface area (Å²) in [4.78, 5) is 12.0. The largest absolute Gasteiger partial charge is 0.482 e. The van der Waals surface area contributed by atoms with E-state index in [4.69, 9.17) is 9.15 Å². The lowest BCUT2D eigenvalue weighted by atomic mass is 10.0. The van der Waals surface area contributed by atoms with Crippen molar-refractivity contribution < 1.29 is 13.9 Å². The molecule has 0 fully saturated rings. The van der Waals surface area contributed by atoms with Crippen molar-refractivity contribution in [1.29, 1.82) is 0 Å². The minimum Gasteiger partial charge on any atom is -0.482 e. The van der Waals surface area contributed by atoms with Crippen LogP contribution in [0.15, 0.2) is 48.5 Å². The number of carbonyl (C=O) groups is 1. The van der Waals surface area contributed by atoms with E-state index in [-0.39, 0.29) is 18.4 Å². The Kier molecular flexibility index (Phi) is 7.86.